The number of rotatable bonds is 4. The molecule has 0 radical (unpaired) electrons. The van der Waals surface area contributed by atoms with Crippen molar-refractivity contribution in [2.24, 2.45) is 7.05 Å². The molecule has 0 aliphatic heterocycles. The predicted molar refractivity (Wildman–Crippen MR) is 78.4 cm³/mol. The van der Waals surface area contributed by atoms with Crippen molar-refractivity contribution in [2.45, 2.75) is 19.6 Å². The number of alkyl halides is 3. The fraction of sp³-hybridized carbons (Fsp3) is 0.308. The first-order valence-corrected chi connectivity index (χ1v) is 6.75. The van der Waals surface area contributed by atoms with Crippen LogP contribution in [0.25, 0.3) is 0 Å². The standard InChI is InChI=1S/C13H12ClF3N4O2/c1-7-8(6-19-20(7)2)5-18-11-4-10(14)9(13(15,16)17)3-12(11)21(22)23/h3-4,6,18H,5H2,1-2H3. The van der Waals surface area contributed by atoms with Gasteiger partial charge in [-0.2, -0.15) is 18.3 Å². The molecule has 0 atom stereocenters. The van der Waals surface area contributed by atoms with Gasteiger partial charge in [-0.1, -0.05) is 11.6 Å². The first-order valence-electron chi connectivity index (χ1n) is 6.37. The molecule has 0 amide bonds. The zero-order valence-electron chi connectivity index (χ0n) is 12.1. The molecule has 0 spiro atoms. The first-order chi connectivity index (χ1) is 10.6. The molecule has 2 rings (SSSR count). The Morgan fingerprint density at radius 1 is 1.43 bits per heavy atom. The Morgan fingerprint density at radius 3 is 2.57 bits per heavy atom. The van der Waals surface area contributed by atoms with Crippen LogP contribution in [0.3, 0.4) is 0 Å². The second-order valence-corrected chi connectivity index (χ2v) is 5.24. The van der Waals surface area contributed by atoms with Crippen LogP contribution in [0.15, 0.2) is 18.3 Å². The molecule has 1 N–H and O–H groups in total. The van der Waals surface area contributed by atoms with Crippen LogP contribution < -0.4 is 5.32 Å². The van der Waals surface area contributed by atoms with E-state index in [-0.39, 0.29) is 12.2 Å². The summed E-state index contributed by atoms with van der Waals surface area (Å²) in [5, 5.41) is 17.2. The van der Waals surface area contributed by atoms with Gasteiger partial charge in [0, 0.05) is 30.9 Å². The normalized spacial score (nSPS) is 11.6. The van der Waals surface area contributed by atoms with E-state index in [1.807, 2.05) is 0 Å². The Labute approximate surface area is 134 Å². The van der Waals surface area contributed by atoms with Gasteiger partial charge in [0.2, 0.25) is 0 Å². The third kappa shape index (κ3) is 3.55. The molecule has 0 saturated carbocycles. The number of benzene rings is 1. The minimum absolute atomic E-state index is 0.0868. The monoisotopic (exact) mass is 348 g/mol. The minimum atomic E-state index is -4.76. The Kier molecular flexibility index (Phi) is 4.51. The summed E-state index contributed by atoms with van der Waals surface area (Å²) in [7, 11) is 1.73. The fourth-order valence-electron chi connectivity index (χ4n) is 1.98. The molecule has 23 heavy (non-hydrogen) atoms. The Morgan fingerprint density at radius 2 is 2.09 bits per heavy atom. The van der Waals surface area contributed by atoms with Crippen molar-refractivity contribution in [3.8, 4) is 0 Å². The van der Waals surface area contributed by atoms with Crippen LogP contribution in [-0.2, 0) is 19.8 Å². The smallest absolute Gasteiger partial charge is 0.375 e. The third-order valence-corrected chi connectivity index (χ3v) is 3.71. The van der Waals surface area contributed by atoms with Gasteiger partial charge < -0.3 is 5.32 Å². The van der Waals surface area contributed by atoms with Crippen LogP contribution in [0.5, 0.6) is 0 Å². The van der Waals surface area contributed by atoms with Crippen molar-refractivity contribution in [1.82, 2.24) is 9.78 Å². The highest BCUT2D eigenvalue weighted by molar-refractivity contribution is 6.31. The lowest BCUT2D eigenvalue weighted by Gasteiger charge is -2.12. The molecule has 6 nitrogen and oxygen atoms in total. The summed E-state index contributed by atoms with van der Waals surface area (Å²) < 4.78 is 40.0. The van der Waals surface area contributed by atoms with Crippen molar-refractivity contribution in [1.29, 1.82) is 0 Å². The van der Waals surface area contributed by atoms with Gasteiger partial charge >= 0.3 is 6.18 Å². The lowest BCUT2D eigenvalue weighted by molar-refractivity contribution is -0.384. The van der Waals surface area contributed by atoms with Gasteiger partial charge in [-0.05, 0) is 13.0 Å². The maximum atomic E-state index is 12.8. The molecule has 0 aliphatic rings. The van der Waals surface area contributed by atoms with Crippen molar-refractivity contribution >= 4 is 23.0 Å². The zero-order valence-corrected chi connectivity index (χ0v) is 12.9. The van der Waals surface area contributed by atoms with E-state index in [4.69, 9.17) is 11.6 Å². The first kappa shape index (κ1) is 17.1. The van der Waals surface area contributed by atoms with Crippen LogP contribution in [-0.4, -0.2) is 14.7 Å². The van der Waals surface area contributed by atoms with Crippen LogP contribution in [0.4, 0.5) is 24.5 Å². The molecule has 0 saturated heterocycles. The SMILES string of the molecule is Cc1c(CNc2cc(Cl)c(C(F)(F)F)cc2[N+](=O)[O-])cnn1C. The summed E-state index contributed by atoms with van der Waals surface area (Å²) in [5.74, 6) is 0. The second-order valence-electron chi connectivity index (χ2n) is 4.84. The van der Waals surface area contributed by atoms with Crippen molar-refractivity contribution < 1.29 is 18.1 Å². The van der Waals surface area contributed by atoms with Crippen molar-refractivity contribution in [3.05, 3.63) is 50.3 Å². The van der Waals surface area contributed by atoms with Gasteiger partial charge in [-0.15, -0.1) is 0 Å². The van der Waals surface area contributed by atoms with Crippen LogP contribution in [0, 0.1) is 17.0 Å². The Hall–Kier alpha value is -2.29. The number of nitro benzene ring substituents is 1. The van der Waals surface area contributed by atoms with Gasteiger partial charge in [-0.3, -0.25) is 14.8 Å². The average Bonchev–Trinajstić information content (AvgIpc) is 2.74. The van der Waals surface area contributed by atoms with E-state index in [9.17, 15) is 23.3 Å². The summed E-state index contributed by atoms with van der Waals surface area (Å²) in [4.78, 5) is 10.1. The number of anilines is 1. The van der Waals surface area contributed by atoms with Crippen molar-refractivity contribution in [3.63, 3.8) is 0 Å². The molecule has 0 unspecified atom stereocenters. The molecule has 0 fully saturated rings. The summed E-state index contributed by atoms with van der Waals surface area (Å²) in [5.41, 5.74) is -0.426. The van der Waals surface area contributed by atoms with Gasteiger partial charge in [0.15, 0.2) is 0 Å². The summed E-state index contributed by atoms with van der Waals surface area (Å²) >= 11 is 5.61. The Balaban J connectivity index is 2.36. The molecule has 0 bridgehead atoms. The van der Waals surface area contributed by atoms with E-state index in [0.717, 1.165) is 17.3 Å². The number of nitro groups is 1. The summed E-state index contributed by atoms with van der Waals surface area (Å²) in [6, 6.07) is 1.34. The lowest BCUT2D eigenvalue weighted by Crippen LogP contribution is -2.09. The number of hydrogen-bond donors (Lipinski definition) is 1. The van der Waals surface area contributed by atoms with E-state index in [1.54, 1.807) is 24.9 Å². The van der Waals surface area contributed by atoms with E-state index in [2.05, 4.69) is 10.4 Å². The van der Waals surface area contributed by atoms with Gasteiger partial charge in [-0.25, -0.2) is 0 Å². The molecule has 1 heterocycles. The van der Waals surface area contributed by atoms with E-state index in [0.29, 0.717) is 6.07 Å². The number of nitrogens with zero attached hydrogens (tertiary/aromatic N) is 3. The number of aromatic nitrogens is 2. The highest BCUT2D eigenvalue weighted by Crippen LogP contribution is 2.40. The molecule has 1 aromatic heterocycles. The molecular formula is C13H12ClF3N4O2. The number of halogens is 4. The zero-order chi connectivity index (χ0) is 17.4. The predicted octanol–water partition coefficient (Wildman–Crippen LogP) is 3.92. The summed E-state index contributed by atoms with van der Waals surface area (Å²) in [6.07, 6.45) is -3.19. The lowest BCUT2D eigenvalue weighted by atomic mass is 10.1. The molecule has 0 aliphatic carbocycles. The maximum absolute atomic E-state index is 12.8. The van der Waals surface area contributed by atoms with E-state index < -0.39 is 27.4 Å². The van der Waals surface area contributed by atoms with Crippen LogP contribution in [0.1, 0.15) is 16.8 Å². The number of aryl methyl sites for hydroxylation is 1. The molecular weight excluding hydrogens is 337 g/mol. The van der Waals surface area contributed by atoms with E-state index in [1.165, 1.54) is 0 Å². The highest BCUT2D eigenvalue weighted by Gasteiger charge is 2.36. The number of hydrogen-bond acceptors (Lipinski definition) is 4. The highest BCUT2D eigenvalue weighted by atomic mass is 35.5. The van der Waals surface area contributed by atoms with Crippen LogP contribution in [0.2, 0.25) is 5.02 Å². The molecule has 10 heteroatoms. The van der Waals surface area contributed by atoms with Crippen LogP contribution >= 0.6 is 11.6 Å². The fourth-order valence-corrected chi connectivity index (χ4v) is 2.25. The Bertz CT molecular complexity index is 758. The van der Waals surface area contributed by atoms with Gasteiger partial charge in [0.05, 0.1) is 21.7 Å². The third-order valence-electron chi connectivity index (χ3n) is 3.39. The summed E-state index contributed by atoms with van der Waals surface area (Å²) in [6.45, 7) is 1.97. The largest absolute Gasteiger partial charge is 0.418 e. The number of nitrogens with one attached hydrogen (secondary N) is 1. The second kappa shape index (κ2) is 6.07. The van der Waals surface area contributed by atoms with Gasteiger partial charge in [0.1, 0.15) is 5.69 Å². The molecule has 124 valence electrons. The molecule has 2 aromatic rings. The topological polar surface area (TPSA) is 73.0 Å². The average molecular weight is 349 g/mol. The maximum Gasteiger partial charge on any atom is 0.418 e. The van der Waals surface area contributed by atoms with E-state index >= 15 is 0 Å². The quantitative estimate of drug-likeness (QED) is 0.671. The minimum Gasteiger partial charge on any atom is -0.375 e. The molecule has 1 aromatic carbocycles. The van der Waals surface area contributed by atoms with Gasteiger partial charge in [0.25, 0.3) is 5.69 Å². The van der Waals surface area contributed by atoms with Crippen molar-refractivity contribution in [2.75, 3.05) is 5.32 Å².